The Morgan fingerprint density at radius 2 is 1.55 bits per heavy atom. The van der Waals surface area contributed by atoms with Gasteiger partial charge in [0.1, 0.15) is 0 Å². The first-order valence-electron chi connectivity index (χ1n) is 2.48. The van der Waals surface area contributed by atoms with E-state index in [1.807, 2.05) is 0 Å². The normalized spacial score (nSPS) is 7.00. The van der Waals surface area contributed by atoms with E-state index in [0.717, 1.165) is 0 Å². The Balaban J connectivity index is 0. The average molecular weight is 194 g/mol. The molecule has 0 aromatic carbocycles. The molecule has 5 nitrogen and oxygen atoms in total. The number of rotatable bonds is 0. The largest absolute Gasteiger partial charge is 0.377 e. The van der Waals surface area contributed by atoms with Gasteiger partial charge in [0.2, 0.25) is 5.91 Å². The molecule has 0 saturated carbocycles. The molecule has 0 rings (SSSR count). The molecule has 0 saturated heterocycles. The minimum Gasteiger partial charge on any atom is -0.377 e. The Morgan fingerprint density at radius 1 is 1.27 bits per heavy atom. The third-order valence-corrected chi connectivity index (χ3v) is 0.401. The van der Waals surface area contributed by atoms with E-state index >= 15 is 0 Å². The lowest BCUT2D eigenvalue weighted by Gasteiger charge is -1.92. The highest BCUT2D eigenvalue weighted by atomic mass is 32.1. The number of nitrogens with two attached hydrogens (primary N) is 3. The van der Waals surface area contributed by atoms with Gasteiger partial charge in [-0.2, -0.15) is 0 Å². The lowest BCUT2D eigenvalue weighted by atomic mass is 10.7. The molecule has 0 atom stereocenters. The summed E-state index contributed by atoms with van der Waals surface area (Å²) < 4.78 is 0. The summed E-state index contributed by atoms with van der Waals surface area (Å²) in [6.45, 7) is 1.35. The zero-order chi connectivity index (χ0) is 9.44. The van der Waals surface area contributed by atoms with Crippen molar-refractivity contribution in [3.05, 3.63) is 0 Å². The molecule has 7 heteroatoms. The second-order valence-electron chi connectivity index (χ2n) is 1.45. The summed E-state index contributed by atoms with van der Waals surface area (Å²) in [7, 11) is 0. The minimum absolute atomic E-state index is 0.000000000000000222. The van der Waals surface area contributed by atoms with Gasteiger partial charge >= 0.3 is 0 Å². The van der Waals surface area contributed by atoms with Crippen molar-refractivity contribution in [2.24, 2.45) is 17.2 Å². The SMILES string of the molecule is CC(=O)NC(N)=S.NC(N)=S. The second-order valence-corrected chi connectivity index (χ2v) is 2.36. The van der Waals surface area contributed by atoms with Crippen LogP contribution < -0.4 is 22.5 Å². The Labute approximate surface area is 75.3 Å². The maximum Gasteiger partial charge on any atom is 0.222 e. The second kappa shape index (κ2) is 7.16. The van der Waals surface area contributed by atoms with Gasteiger partial charge in [0.15, 0.2) is 10.2 Å². The van der Waals surface area contributed by atoms with Crippen LogP contribution in [0.4, 0.5) is 0 Å². The highest BCUT2D eigenvalue weighted by molar-refractivity contribution is 7.80. The molecule has 0 aromatic rings. The van der Waals surface area contributed by atoms with Crippen LogP contribution in [0.25, 0.3) is 0 Å². The number of nitrogens with one attached hydrogen (secondary N) is 1. The van der Waals surface area contributed by atoms with Crippen LogP contribution in [0.3, 0.4) is 0 Å². The summed E-state index contributed by atoms with van der Waals surface area (Å²) in [5.74, 6) is -0.229. The van der Waals surface area contributed by atoms with Gasteiger partial charge in [-0.1, -0.05) is 0 Å². The number of amides is 1. The van der Waals surface area contributed by atoms with Crippen LogP contribution in [0.5, 0.6) is 0 Å². The molecule has 11 heavy (non-hydrogen) atoms. The predicted octanol–water partition coefficient (Wildman–Crippen LogP) is -1.45. The van der Waals surface area contributed by atoms with Gasteiger partial charge < -0.3 is 22.5 Å². The average Bonchev–Trinajstić information content (AvgIpc) is 1.56. The Hall–Kier alpha value is -0.950. The molecule has 0 unspecified atom stereocenters. The quantitative estimate of drug-likeness (QED) is 0.352. The van der Waals surface area contributed by atoms with Crippen molar-refractivity contribution < 1.29 is 4.79 Å². The van der Waals surface area contributed by atoms with E-state index in [0.29, 0.717) is 0 Å². The molecule has 0 bridgehead atoms. The van der Waals surface area contributed by atoms with Gasteiger partial charge in [-0.25, -0.2) is 0 Å². The van der Waals surface area contributed by atoms with E-state index in [1.54, 1.807) is 0 Å². The number of hydrogen-bond acceptors (Lipinski definition) is 3. The Bertz CT molecular complexity index is 153. The molecule has 0 aliphatic heterocycles. The van der Waals surface area contributed by atoms with E-state index in [4.69, 9.17) is 5.73 Å². The summed E-state index contributed by atoms with van der Waals surface area (Å²) in [6, 6.07) is 0. The Kier molecular flexibility index (Phi) is 8.27. The highest BCUT2D eigenvalue weighted by Gasteiger charge is 1.87. The van der Waals surface area contributed by atoms with E-state index in [1.165, 1.54) is 6.92 Å². The van der Waals surface area contributed by atoms with Crippen LogP contribution in [0.2, 0.25) is 0 Å². The highest BCUT2D eigenvalue weighted by Crippen LogP contribution is 1.57. The molecule has 0 aromatic heterocycles. The topological polar surface area (TPSA) is 107 Å². The molecule has 0 radical (unpaired) electrons. The first kappa shape index (κ1) is 12.7. The maximum atomic E-state index is 9.98. The third kappa shape index (κ3) is 48.4. The monoisotopic (exact) mass is 194 g/mol. The van der Waals surface area contributed by atoms with Crippen molar-refractivity contribution in [3.63, 3.8) is 0 Å². The van der Waals surface area contributed by atoms with Crippen molar-refractivity contribution >= 4 is 40.6 Å². The van der Waals surface area contributed by atoms with E-state index in [-0.39, 0.29) is 16.1 Å². The van der Waals surface area contributed by atoms with Crippen LogP contribution >= 0.6 is 24.4 Å². The summed E-state index contributed by atoms with van der Waals surface area (Å²) in [5.41, 5.74) is 14.1. The molecule has 1 amide bonds. The van der Waals surface area contributed by atoms with E-state index in [2.05, 4.69) is 41.2 Å². The van der Waals surface area contributed by atoms with Gasteiger partial charge in [0, 0.05) is 6.92 Å². The molecule has 0 aliphatic rings. The number of hydrogen-bond donors (Lipinski definition) is 4. The van der Waals surface area contributed by atoms with Crippen LogP contribution in [0.15, 0.2) is 0 Å². The molecule has 7 N–H and O–H groups in total. The minimum atomic E-state index is -0.229. The van der Waals surface area contributed by atoms with Gasteiger partial charge in [-0.3, -0.25) is 4.79 Å². The van der Waals surface area contributed by atoms with E-state index < -0.39 is 0 Å². The smallest absolute Gasteiger partial charge is 0.222 e. The fourth-order valence-corrected chi connectivity index (χ4v) is 0.317. The molecule has 0 aliphatic carbocycles. The van der Waals surface area contributed by atoms with Crippen molar-refractivity contribution in [2.75, 3.05) is 0 Å². The van der Waals surface area contributed by atoms with Crippen LogP contribution in [0.1, 0.15) is 6.92 Å². The van der Waals surface area contributed by atoms with Gasteiger partial charge in [-0.15, -0.1) is 0 Å². The first-order valence-corrected chi connectivity index (χ1v) is 3.29. The summed E-state index contributed by atoms with van der Waals surface area (Å²) >= 11 is 8.41. The van der Waals surface area contributed by atoms with Crippen LogP contribution in [-0.4, -0.2) is 16.1 Å². The van der Waals surface area contributed by atoms with Crippen molar-refractivity contribution in [3.8, 4) is 0 Å². The zero-order valence-corrected chi connectivity index (χ0v) is 7.59. The third-order valence-electron chi connectivity index (χ3n) is 0.299. The van der Waals surface area contributed by atoms with Crippen LogP contribution in [0, 0.1) is 0 Å². The lowest BCUT2D eigenvalue weighted by molar-refractivity contribution is -0.117. The zero-order valence-electron chi connectivity index (χ0n) is 5.96. The summed E-state index contributed by atoms with van der Waals surface area (Å²) in [4.78, 5) is 9.98. The molecule has 0 fully saturated rings. The summed E-state index contributed by atoms with van der Waals surface area (Å²) in [5, 5.41) is 2.20. The van der Waals surface area contributed by atoms with Crippen LogP contribution in [-0.2, 0) is 4.79 Å². The maximum absolute atomic E-state index is 9.98. The number of carbonyl (C=O) groups is 1. The molecule has 0 heterocycles. The van der Waals surface area contributed by atoms with Crippen molar-refractivity contribution in [1.82, 2.24) is 5.32 Å². The number of thiocarbonyl (C=S) groups is 2. The van der Waals surface area contributed by atoms with Crippen molar-refractivity contribution in [2.45, 2.75) is 6.92 Å². The predicted molar refractivity (Wildman–Crippen MR) is 51.6 cm³/mol. The van der Waals surface area contributed by atoms with E-state index in [9.17, 15) is 4.79 Å². The Morgan fingerprint density at radius 3 is 1.55 bits per heavy atom. The molecule has 64 valence electrons. The van der Waals surface area contributed by atoms with Gasteiger partial charge in [-0.05, 0) is 24.4 Å². The van der Waals surface area contributed by atoms with Gasteiger partial charge in [0.25, 0.3) is 0 Å². The summed E-state index contributed by atoms with van der Waals surface area (Å²) in [6.07, 6.45) is 0. The van der Waals surface area contributed by atoms with Gasteiger partial charge in [0.05, 0.1) is 0 Å². The number of carbonyl (C=O) groups excluding carboxylic acids is 1. The molecular weight excluding hydrogens is 184 g/mol. The fourth-order valence-electron chi connectivity index (χ4n) is 0.173. The van der Waals surface area contributed by atoms with Crippen molar-refractivity contribution in [1.29, 1.82) is 0 Å². The molecular formula is C4H10N4OS2. The lowest BCUT2D eigenvalue weighted by Crippen LogP contribution is -2.32. The fraction of sp³-hybridized carbons (Fsp3) is 0.250. The standard InChI is InChI=1S/C3H6N2OS.CH4N2S/c1-2(6)5-3(4)7;2-1(3)4/h1H3,(H3,4,5,6,7);(H4,2,3,4). The first-order chi connectivity index (χ1) is 4.86. The molecule has 0 spiro atoms.